The predicted octanol–water partition coefficient (Wildman–Crippen LogP) is 3.63. The minimum Gasteiger partial charge on any atom is -0.317 e. The number of nitrogens with zero attached hydrogens (tertiary/aromatic N) is 1. The zero-order chi connectivity index (χ0) is 16.7. The lowest BCUT2D eigenvalue weighted by molar-refractivity contribution is 1.30. The maximum atomic E-state index is 3.99. The zero-order valence-corrected chi connectivity index (χ0v) is 15.6. The first-order valence-electron chi connectivity index (χ1n) is 8.38. The van der Waals surface area contributed by atoms with Crippen LogP contribution < -0.4 is 10.4 Å². The number of hydrogen-bond donors (Lipinski definition) is 0. The molecule has 0 radical (unpaired) electrons. The van der Waals surface area contributed by atoms with Crippen molar-refractivity contribution in [2.24, 2.45) is 0 Å². The normalized spacial score (nSPS) is 11.8. The van der Waals surface area contributed by atoms with Gasteiger partial charge in [0.15, 0.2) is 0 Å². The fourth-order valence-electron chi connectivity index (χ4n) is 3.58. The van der Waals surface area contributed by atoms with Gasteiger partial charge in [-0.15, -0.1) is 0 Å². The molecule has 0 aliphatic carbocycles. The third kappa shape index (κ3) is 2.31. The summed E-state index contributed by atoms with van der Waals surface area (Å²) in [6.07, 6.45) is 1.91. The molecule has 1 nitrogen and oxygen atoms in total. The van der Waals surface area contributed by atoms with Crippen LogP contribution in [0.4, 0.5) is 0 Å². The maximum absolute atomic E-state index is 3.99. The Balaban J connectivity index is 1.88. The number of rotatable bonds is 3. The maximum Gasteiger partial charge on any atom is 0.0879 e. The van der Waals surface area contributed by atoms with Gasteiger partial charge in [-0.3, -0.25) is 0 Å². The molecule has 2 heteroatoms. The summed E-state index contributed by atoms with van der Waals surface area (Å²) in [4.78, 5) is 0. The third-order valence-corrected chi connectivity index (χ3v) is 7.06. The van der Waals surface area contributed by atoms with Crippen molar-refractivity contribution in [1.82, 2.24) is 4.57 Å². The van der Waals surface area contributed by atoms with E-state index in [2.05, 4.69) is 85.7 Å². The molecule has 0 saturated carbocycles. The summed E-state index contributed by atoms with van der Waals surface area (Å²) in [7, 11) is -0.471. The quantitative estimate of drug-likeness (QED) is 0.506. The van der Waals surface area contributed by atoms with E-state index in [4.69, 9.17) is 0 Å². The Hall–Kier alpha value is -2.58. The lowest BCUT2D eigenvalue weighted by Gasteiger charge is -2.08. The van der Waals surface area contributed by atoms with Crippen molar-refractivity contribution >= 4 is 47.9 Å². The summed E-state index contributed by atoms with van der Waals surface area (Å²) in [5.41, 5.74) is 5.32. The number of aryl methyl sites for hydroxylation is 1. The molecule has 0 fully saturated rings. The summed E-state index contributed by atoms with van der Waals surface area (Å²) in [6.45, 7) is 8.44. The fraction of sp³-hybridized carbons (Fsp3) is 0.0909. The van der Waals surface area contributed by atoms with Gasteiger partial charge in [0.25, 0.3) is 0 Å². The molecule has 0 atom stereocenters. The van der Waals surface area contributed by atoms with E-state index in [1.54, 1.807) is 5.19 Å². The van der Waals surface area contributed by atoms with Gasteiger partial charge in [-0.2, -0.15) is 0 Å². The average Bonchev–Trinajstić information content (AvgIpc) is 2.92. The van der Waals surface area contributed by atoms with Gasteiger partial charge in [0.1, 0.15) is 0 Å². The molecule has 3 aromatic carbocycles. The van der Waals surface area contributed by atoms with Crippen LogP contribution in [0.25, 0.3) is 28.0 Å². The minimum atomic E-state index is -0.471. The van der Waals surface area contributed by atoms with Gasteiger partial charge >= 0.3 is 0 Å². The molecule has 24 heavy (non-hydrogen) atoms. The Morgan fingerprint density at radius 3 is 2.50 bits per heavy atom. The molecular weight excluding hydrogens is 306 g/mol. The van der Waals surface area contributed by atoms with Gasteiger partial charge < -0.3 is 4.57 Å². The Kier molecular flexibility index (Phi) is 3.62. The molecule has 0 spiro atoms. The SMILES string of the molecule is C=Cn1c2ccccc2c2cc([SiH2]c3cccc(C)c3C)ccc21. The molecule has 4 aromatic rings. The molecule has 0 N–H and O–H groups in total. The monoisotopic (exact) mass is 327 g/mol. The summed E-state index contributed by atoms with van der Waals surface area (Å²) in [5.74, 6) is 0. The van der Waals surface area contributed by atoms with Crippen LogP contribution in [-0.2, 0) is 0 Å². The van der Waals surface area contributed by atoms with Gasteiger partial charge in [0.2, 0.25) is 0 Å². The largest absolute Gasteiger partial charge is 0.317 e. The minimum absolute atomic E-state index is 0.471. The van der Waals surface area contributed by atoms with Crippen molar-refractivity contribution in [2.45, 2.75) is 13.8 Å². The standard InChI is InChI=1S/C22H21NSi/c1-4-23-20-10-6-5-9-18(20)19-14-17(12-13-21(19)23)24-22-11-7-8-15(2)16(22)3/h4-14H,1,24H2,2-3H3. The Labute approximate surface area is 145 Å². The van der Waals surface area contributed by atoms with Crippen molar-refractivity contribution in [2.75, 3.05) is 0 Å². The van der Waals surface area contributed by atoms with E-state index < -0.39 is 9.52 Å². The molecule has 4 rings (SSSR count). The highest BCUT2D eigenvalue weighted by Crippen LogP contribution is 2.28. The molecule has 118 valence electrons. The van der Waals surface area contributed by atoms with E-state index in [0.717, 1.165) is 0 Å². The van der Waals surface area contributed by atoms with E-state index in [1.807, 2.05) is 6.20 Å². The van der Waals surface area contributed by atoms with Crippen molar-refractivity contribution in [3.05, 3.63) is 78.4 Å². The van der Waals surface area contributed by atoms with Crippen LogP contribution in [0.1, 0.15) is 11.1 Å². The molecule has 0 saturated heterocycles. The predicted molar refractivity (Wildman–Crippen MR) is 110 cm³/mol. The summed E-state index contributed by atoms with van der Waals surface area (Å²) < 4.78 is 2.19. The highest BCUT2D eigenvalue weighted by molar-refractivity contribution is 6.68. The van der Waals surface area contributed by atoms with Gasteiger partial charge in [-0.1, -0.05) is 65.5 Å². The lowest BCUT2D eigenvalue weighted by atomic mass is 10.1. The van der Waals surface area contributed by atoms with Crippen LogP contribution in [0, 0.1) is 13.8 Å². The van der Waals surface area contributed by atoms with Crippen molar-refractivity contribution in [1.29, 1.82) is 0 Å². The van der Waals surface area contributed by atoms with Crippen LogP contribution in [0.15, 0.2) is 67.2 Å². The molecule has 1 aromatic heterocycles. The second-order valence-corrected chi connectivity index (χ2v) is 8.39. The summed E-state index contributed by atoms with van der Waals surface area (Å²) in [5, 5.41) is 5.68. The second kappa shape index (κ2) is 5.80. The van der Waals surface area contributed by atoms with Crippen LogP contribution in [0.3, 0.4) is 0 Å². The fourth-order valence-corrected chi connectivity index (χ4v) is 5.36. The third-order valence-electron chi connectivity index (χ3n) is 5.07. The van der Waals surface area contributed by atoms with Crippen molar-refractivity contribution in [3.8, 4) is 0 Å². The Morgan fingerprint density at radius 1 is 0.875 bits per heavy atom. The van der Waals surface area contributed by atoms with Crippen LogP contribution >= 0.6 is 0 Å². The van der Waals surface area contributed by atoms with E-state index >= 15 is 0 Å². The van der Waals surface area contributed by atoms with Crippen LogP contribution in [0.2, 0.25) is 0 Å². The van der Waals surface area contributed by atoms with Gasteiger partial charge in [0, 0.05) is 17.0 Å². The van der Waals surface area contributed by atoms with Gasteiger partial charge in [-0.25, -0.2) is 0 Å². The first-order chi connectivity index (χ1) is 11.7. The van der Waals surface area contributed by atoms with Crippen LogP contribution in [0.5, 0.6) is 0 Å². The molecule has 0 amide bonds. The first kappa shape index (κ1) is 15.0. The highest BCUT2D eigenvalue weighted by atomic mass is 28.2. The van der Waals surface area contributed by atoms with Gasteiger partial charge in [-0.05, 0) is 37.1 Å². The topological polar surface area (TPSA) is 4.93 Å². The van der Waals surface area contributed by atoms with E-state index in [9.17, 15) is 0 Å². The molecule has 0 bridgehead atoms. The molecule has 0 unspecified atom stereocenters. The van der Waals surface area contributed by atoms with E-state index in [-0.39, 0.29) is 0 Å². The molecule has 0 aliphatic rings. The number of hydrogen-bond acceptors (Lipinski definition) is 0. The van der Waals surface area contributed by atoms with Gasteiger partial charge in [0.05, 0.1) is 20.6 Å². The number of aromatic nitrogens is 1. The number of fused-ring (bicyclic) bond motifs is 3. The number of benzene rings is 3. The molecule has 0 aliphatic heterocycles. The smallest absolute Gasteiger partial charge is 0.0879 e. The highest BCUT2D eigenvalue weighted by Gasteiger charge is 2.10. The van der Waals surface area contributed by atoms with Crippen molar-refractivity contribution in [3.63, 3.8) is 0 Å². The van der Waals surface area contributed by atoms with E-state index in [0.29, 0.717) is 0 Å². The van der Waals surface area contributed by atoms with Crippen molar-refractivity contribution < 1.29 is 0 Å². The van der Waals surface area contributed by atoms with Crippen LogP contribution in [-0.4, -0.2) is 14.1 Å². The molecule has 1 heterocycles. The number of para-hydroxylation sites is 1. The lowest BCUT2D eigenvalue weighted by Crippen LogP contribution is -2.29. The first-order valence-corrected chi connectivity index (χ1v) is 9.79. The zero-order valence-electron chi connectivity index (χ0n) is 14.2. The average molecular weight is 328 g/mol. The summed E-state index contributed by atoms with van der Waals surface area (Å²) in [6, 6.07) is 22.2. The Morgan fingerprint density at radius 2 is 1.67 bits per heavy atom. The summed E-state index contributed by atoms with van der Waals surface area (Å²) >= 11 is 0. The van der Waals surface area contributed by atoms with E-state index in [1.165, 1.54) is 38.1 Å². The molecular formula is C22H21NSi. The Bertz CT molecular complexity index is 1070. The second-order valence-electron chi connectivity index (χ2n) is 6.46.